The lowest BCUT2D eigenvalue weighted by molar-refractivity contribution is -0.142. The molecule has 2 aromatic rings. The number of allylic oxidation sites excluding steroid dienone is 1. The quantitative estimate of drug-likeness (QED) is 0.216. The van der Waals surface area contributed by atoms with E-state index in [1.807, 2.05) is 52.0 Å². The standard InChI is InChI=1S/C40H53F2N5O9S.C2H6.3H2/c1-7-24-18-23(2)12-8-9-13-25-20-40(25,36(50)46-57(52,53)39(5)16-17-39)45-32(48)29-19-26(55-33-28-15-11-10-14-27(28)30(54-6)21-43-33)22-47(29)34(49)31(24)44-37(51)56-38(3,4)35(41)42;1-2;;;/h9-11,13-15,21,23-26,29,31,35H,7-8,12,16-20,22H2,1-6H3,(H,44,51)(H,45,48)(H,46,50);1-2H3;3*1H/b13-9-;;;;/t23-,24-,25-,26-,29+,31?,40-;;;;/m1..../s1. The number of nitrogens with zero attached hydrogens (tertiary/aromatic N) is 2. The molecule has 1 unspecified atom stereocenters. The second-order valence-electron chi connectivity index (χ2n) is 16.7. The van der Waals surface area contributed by atoms with Crippen LogP contribution in [0.5, 0.6) is 11.6 Å². The minimum atomic E-state index is -4.05. The van der Waals surface area contributed by atoms with Gasteiger partial charge in [0.1, 0.15) is 29.5 Å². The first-order valence-corrected chi connectivity index (χ1v) is 22.0. The Morgan fingerprint density at radius 2 is 1.81 bits per heavy atom. The highest BCUT2D eigenvalue weighted by Gasteiger charge is 2.63. The van der Waals surface area contributed by atoms with Gasteiger partial charge in [0.2, 0.25) is 27.7 Å². The third-order valence-electron chi connectivity index (χ3n) is 12.0. The lowest BCUT2D eigenvalue weighted by Crippen LogP contribution is -2.59. The summed E-state index contributed by atoms with van der Waals surface area (Å²) in [6.45, 7) is 11.4. The van der Waals surface area contributed by atoms with Crippen molar-refractivity contribution in [2.24, 2.45) is 17.8 Å². The number of sulfonamides is 1. The fourth-order valence-electron chi connectivity index (χ4n) is 7.81. The van der Waals surface area contributed by atoms with Crippen LogP contribution in [-0.4, -0.2) is 96.3 Å². The van der Waals surface area contributed by atoms with Crippen LogP contribution in [0, 0.1) is 17.8 Å². The molecule has 59 heavy (non-hydrogen) atoms. The first-order valence-electron chi connectivity index (χ1n) is 20.6. The largest absolute Gasteiger partial charge is 0.494 e. The summed E-state index contributed by atoms with van der Waals surface area (Å²) in [5.41, 5.74) is -3.76. The number of carbonyl (C=O) groups excluding carboxylic acids is 4. The molecule has 2 aliphatic carbocycles. The molecule has 4 aliphatic rings. The lowest BCUT2D eigenvalue weighted by Gasteiger charge is -2.34. The molecule has 1 aromatic carbocycles. The van der Waals surface area contributed by atoms with E-state index in [0.717, 1.165) is 19.2 Å². The second-order valence-corrected chi connectivity index (χ2v) is 18.9. The van der Waals surface area contributed by atoms with Crippen LogP contribution in [0.25, 0.3) is 10.8 Å². The maximum Gasteiger partial charge on any atom is 0.408 e. The summed E-state index contributed by atoms with van der Waals surface area (Å²) in [6, 6.07) is 4.73. The molecule has 3 N–H and O–H groups in total. The number of aromatic nitrogens is 1. The van der Waals surface area contributed by atoms with E-state index in [2.05, 4.69) is 20.3 Å². The first kappa shape index (κ1) is 45.5. The molecular weight excluding hydrogens is 789 g/mol. The summed E-state index contributed by atoms with van der Waals surface area (Å²) < 4.78 is 72.1. The van der Waals surface area contributed by atoms with E-state index in [1.165, 1.54) is 18.2 Å². The first-order chi connectivity index (χ1) is 27.8. The molecule has 1 saturated heterocycles. The van der Waals surface area contributed by atoms with Crippen LogP contribution < -0.4 is 24.8 Å². The summed E-state index contributed by atoms with van der Waals surface area (Å²) in [4.78, 5) is 62.4. The maximum atomic E-state index is 14.9. The molecule has 0 radical (unpaired) electrons. The van der Waals surface area contributed by atoms with E-state index in [4.69, 9.17) is 14.2 Å². The van der Waals surface area contributed by atoms with Crippen LogP contribution in [0.4, 0.5) is 13.6 Å². The van der Waals surface area contributed by atoms with E-state index < -0.39 is 86.2 Å². The van der Waals surface area contributed by atoms with Crippen LogP contribution in [0.3, 0.4) is 0 Å². The van der Waals surface area contributed by atoms with Crippen molar-refractivity contribution in [1.29, 1.82) is 0 Å². The molecule has 17 heteroatoms. The Morgan fingerprint density at radius 3 is 2.44 bits per heavy atom. The Labute approximate surface area is 350 Å². The number of benzene rings is 1. The maximum absolute atomic E-state index is 14.9. The third-order valence-corrected chi connectivity index (χ3v) is 14.1. The minimum absolute atomic E-state index is 0. The Bertz CT molecular complexity index is 2040. The number of ether oxygens (including phenoxy) is 3. The molecule has 0 bridgehead atoms. The van der Waals surface area contributed by atoms with Crippen LogP contribution in [0.15, 0.2) is 42.6 Å². The summed E-state index contributed by atoms with van der Waals surface area (Å²) in [5.74, 6) is -2.47. The molecular formula is C42H65F2N5O9S. The monoisotopic (exact) mass is 853 g/mol. The molecule has 1 aromatic heterocycles. The topological polar surface area (TPSA) is 182 Å². The average molecular weight is 854 g/mol. The second kappa shape index (κ2) is 18.0. The summed E-state index contributed by atoms with van der Waals surface area (Å²) in [7, 11) is -2.53. The fraction of sp³-hybridized carbons (Fsp3) is 0.643. The van der Waals surface area contributed by atoms with Gasteiger partial charge in [0.15, 0.2) is 5.60 Å². The van der Waals surface area contributed by atoms with E-state index >= 15 is 0 Å². The normalized spacial score (nSPS) is 28.6. The molecule has 0 spiro atoms. The van der Waals surface area contributed by atoms with Gasteiger partial charge in [-0.2, -0.15) is 0 Å². The van der Waals surface area contributed by atoms with Crippen molar-refractivity contribution in [3.8, 4) is 11.6 Å². The van der Waals surface area contributed by atoms with Crippen molar-refractivity contribution >= 4 is 44.6 Å². The number of methoxy groups -OCH3 is 1. The van der Waals surface area contributed by atoms with Gasteiger partial charge in [0.05, 0.1) is 24.6 Å². The van der Waals surface area contributed by atoms with Crippen molar-refractivity contribution in [2.75, 3.05) is 13.7 Å². The number of alkyl carbamates (subject to hydrolysis) is 1. The number of fused-ring (bicyclic) bond motifs is 3. The minimum Gasteiger partial charge on any atom is -0.494 e. The smallest absolute Gasteiger partial charge is 0.408 e. The molecule has 6 rings (SSSR count). The number of amides is 4. The summed E-state index contributed by atoms with van der Waals surface area (Å²) in [5, 5.41) is 6.76. The van der Waals surface area contributed by atoms with Crippen molar-refractivity contribution < 1.29 is 54.9 Å². The predicted octanol–water partition coefficient (Wildman–Crippen LogP) is 6.77. The third kappa shape index (κ3) is 9.76. The predicted molar refractivity (Wildman–Crippen MR) is 224 cm³/mol. The van der Waals surface area contributed by atoms with Crippen molar-refractivity contribution in [3.05, 3.63) is 42.6 Å². The van der Waals surface area contributed by atoms with Crippen LogP contribution in [0.2, 0.25) is 0 Å². The zero-order chi connectivity index (χ0) is 43.5. The highest BCUT2D eigenvalue weighted by atomic mass is 32.2. The van der Waals surface area contributed by atoms with Crippen LogP contribution in [0.1, 0.15) is 104 Å². The molecule has 7 atom stereocenters. The Kier molecular flexibility index (Phi) is 13.9. The fourth-order valence-corrected chi connectivity index (χ4v) is 9.12. The molecule has 14 nitrogen and oxygen atoms in total. The van der Waals surface area contributed by atoms with E-state index in [1.54, 1.807) is 19.1 Å². The molecule has 2 aliphatic heterocycles. The van der Waals surface area contributed by atoms with E-state index in [9.17, 15) is 36.4 Å². The number of rotatable bonds is 10. The number of pyridine rings is 1. The van der Waals surface area contributed by atoms with Gasteiger partial charge in [-0.05, 0) is 77.2 Å². The Morgan fingerprint density at radius 1 is 1.14 bits per heavy atom. The molecule has 2 saturated carbocycles. The van der Waals surface area contributed by atoms with Gasteiger partial charge >= 0.3 is 6.09 Å². The van der Waals surface area contributed by atoms with Gasteiger partial charge in [0.25, 0.3) is 12.3 Å². The lowest BCUT2D eigenvalue weighted by atomic mass is 9.85. The van der Waals surface area contributed by atoms with Gasteiger partial charge in [-0.3, -0.25) is 19.1 Å². The van der Waals surface area contributed by atoms with Gasteiger partial charge in [-0.1, -0.05) is 64.5 Å². The van der Waals surface area contributed by atoms with Crippen LogP contribution in [-0.2, 0) is 29.1 Å². The molecule has 3 fully saturated rings. The van der Waals surface area contributed by atoms with Crippen LogP contribution >= 0.6 is 0 Å². The van der Waals surface area contributed by atoms with Gasteiger partial charge in [0, 0.05) is 27.4 Å². The Balaban J connectivity index is 0.00000261. The highest BCUT2D eigenvalue weighted by Crippen LogP contribution is 2.48. The average Bonchev–Trinajstić information content (AvgIpc) is 4.08. The molecule has 332 valence electrons. The number of hydrogen-bond donors (Lipinski definition) is 3. The highest BCUT2D eigenvalue weighted by molar-refractivity contribution is 7.91. The van der Waals surface area contributed by atoms with E-state index in [-0.39, 0.29) is 35.5 Å². The van der Waals surface area contributed by atoms with Gasteiger partial charge in [-0.15, -0.1) is 0 Å². The molecule has 3 heterocycles. The number of hydrogen-bond acceptors (Lipinski definition) is 10. The number of nitrogens with one attached hydrogen (secondary N) is 3. The van der Waals surface area contributed by atoms with E-state index in [0.29, 0.717) is 49.7 Å². The van der Waals surface area contributed by atoms with Gasteiger partial charge < -0.3 is 29.7 Å². The number of halogens is 2. The zero-order valence-corrected chi connectivity index (χ0v) is 36.0. The summed E-state index contributed by atoms with van der Waals surface area (Å²) >= 11 is 0. The van der Waals surface area contributed by atoms with Gasteiger partial charge in [-0.25, -0.2) is 27.0 Å². The summed E-state index contributed by atoms with van der Waals surface area (Å²) in [6.07, 6.45) is 3.23. The number of carbonyl (C=O) groups is 4. The van der Waals surface area contributed by atoms with Crippen molar-refractivity contribution in [1.82, 2.24) is 25.2 Å². The number of alkyl halides is 2. The zero-order valence-electron chi connectivity index (χ0n) is 35.2. The SMILES string of the molecule is CC.CC[C@@H]1C[C@H](C)CC/C=C\[C@@H]2C[C@@]2(C(=O)NS(=O)(=O)C2(C)CC2)NC(=O)[C@@H]2C[C@@H](Oc3ncc(OC)c4ccccc34)CN2C(=O)C1NC(=O)OC(C)(C)C(F)F.[HH].[HH].[HH]. The van der Waals surface area contributed by atoms with Crippen molar-refractivity contribution in [2.45, 2.75) is 140 Å². The molecule has 4 amide bonds. The Hall–Kier alpha value is -4.54. The van der Waals surface area contributed by atoms with Crippen molar-refractivity contribution in [3.63, 3.8) is 0 Å².